The third-order valence-electron chi connectivity index (χ3n) is 4.75. The first-order valence-electron chi connectivity index (χ1n) is 9.37. The van der Waals surface area contributed by atoms with Crippen LogP contribution in [0.3, 0.4) is 0 Å². The highest BCUT2D eigenvalue weighted by Gasteiger charge is 2.14. The molecule has 0 fully saturated rings. The third-order valence-corrected chi connectivity index (χ3v) is 4.75. The number of benzene rings is 2. The predicted molar refractivity (Wildman–Crippen MR) is 112 cm³/mol. The van der Waals surface area contributed by atoms with E-state index in [9.17, 15) is 4.79 Å². The number of hydrogen-bond donors (Lipinski definition) is 1. The molecule has 146 valence electrons. The number of ether oxygens (including phenoxy) is 1. The van der Waals surface area contributed by atoms with Gasteiger partial charge in [0.2, 0.25) is 0 Å². The van der Waals surface area contributed by atoms with Crippen molar-refractivity contribution in [2.75, 3.05) is 21.2 Å². The summed E-state index contributed by atoms with van der Waals surface area (Å²) in [5.41, 5.74) is 10.7. The van der Waals surface area contributed by atoms with Crippen molar-refractivity contribution in [3.63, 3.8) is 0 Å². The van der Waals surface area contributed by atoms with Gasteiger partial charge in [0.15, 0.2) is 0 Å². The number of carbonyl (C=O) groups excluding carboxylic acids is 1. The van der Waals surface area contributed by atoms with E-state index in [1.54, 1.807) is 0 Å². The number of nitrogens with zero attached hydrogens (tertiary/aromatic N) is 2. The quantitative estimate of drug-likeness (QED) is 0.641. The van der Waals surface area contributed by atoms with Crippen LogP contribution in [0.4, 0.5) is 0 Å². The lowest BCUT2D eigenvalue weighted by molar-refractivity contribution is -0.142. The number of fused-ring (bicyclic) bond motifs is 1. The zero-order valence-corrected chi connectivity index (χ0v) is 16.7. The van der Waals surface area contributed by atoms with Crippen molar-refractivity contribution in [1.82, 2.24) is 9.88 Å². The van der Waals surface area contributed by atoms with Gasteiger partial charge in [0.25, 0.3) is 0 Å². The van der Waals surface area contributed by atoms with E-state index in [1.807, 2.05) is 24.5 Å². The maximum atomic E-state index is 11.6. The highest BCUT2D eigenvalue weighted by atomic mass is 16.5. The molecular weight excluding hydrogens is 350 g/mol. The van der Waals surface area contributed by atoms with Crippen LogP contribution in [-0.2, 0) is 28.9 Å². The van der Waals surface area contributed by atoms with Gasteiger partial charge in [-0.15, -0.1) is 0 Å². The molecule has 0 saturated heterocycles. The normalized spacial score (nSPS) is 12.3. The third kappa shape index (κ3) is 4.94. The van der Waals surface area contributed by atoms with Gasteiger partial charge in [0, 0.05) is 24.3 Å². The summed E-state index contributed by atoms with van der Waals surface area (Å²) in [6.45, 7) is 0.888. The summed E-state index contributed by atoms with van der Waals surface area (Å²) in [5.74, 6) is -0.390. The lowest BCUT2D eigenvalue weighted by atomic mass is 9.95. The number of carbonyl (C=O) groups is 1. The molecule has 0 amide bonds. The van der Waals surface area contributed by atoms with E-state index >= 15 is 0 Å². The van der Waals surface area contributed by atoms with Gasteiger partial charge in [0.1, 0.15) is 6.04 Å². The van der Waals surface area contributed by atoms with Gasteiger partial charge in [-0.3, -0.25) is 9.78 Å². The van der Waals surface area contributed by atoms with Crippen molar-refractivity contribution < 1.29 is 9.53 Å². The Labute approximate surface area is 166 Å². The minimum Gasteiger partial charge on any atom is -0.468 e. The Kier molecular flexibility index (Phi) is 6.39. The molecule has 3 rings (SSSR count). The van der Waals surface area contributed by atoms with Gasteiger partial charge < -0.3 is 15.4 Å². The Morgan fingerprint density at radius 1 is 1.14 bits per heavy atom. The summed E-state index contributed by atoms with van der Waals surface area (Å²) in [6, 6.07) is 14.1. The van der Waals surface area contributed by atoms with Gasteiger partial charge in [-0.2, -0.15) is 0 Å². The number of nitrogens with two attached hydrogens (primary N) is 1. The molecule has 0 unspecified atom stereocenters. The van der Waals surface area contributed by atoms with Gasteiger partial charge in [-0.05, 0) is 66.7 Å². The van der Waals surface area contributed by atoms with Crippen LogP contribution in [0, 0.1) is 0 Å². The molecular formula is C23H27N3O2. The molecule has 5 nitrogen and oxygen atoms in total. The van der Waals surface area contributed by atoms with E-state index in [0.717, 1.165) is 18.5 Å². The van der Waals surface area contributed by atoms with Crippen molar-refractivity contribution in [3.05, 3.63) is 77.1 Å². The molecule has 0 aliphatic heterocycles. The van der Waals surface area contributed by atoms with Gasteiger partial charge in [-0.25, -0.2) is 0 Å². The highest BCUT2D eigenvalue weighted by Crippen LogP contribution is 2.24. The lowest BCUT2D eigenvalue weighted by Crippen LogP contribution is -2.33. The first-order chi connectivity index (χ1) is 13.5. The molecule has 1 atom stereocenters. The predicted octanol–water partition coefficient (Wildman–Crippen LogP) is 2.93. The van der Waals surface area contributed by atoms with Crippen LogP contribution in [-0.4, -0.2) is 43.1 Å². The smallest absolute Gasteiger partial charge is 0.322 e. The van der Waals surface area contributed by atoms with Crippen molar-refractivity contribution in [3.8, 4) is 0 Å². The molecule has 1 heterocycles. The van der Waals surface area contributed by atoms with Crippen molar-refractivity contribution in [2.24, 2.45) is 5.73 Å². The first kappa shape index (κ1) is 20.0. The van der Waals surface area contributed by atoms with Crippen LogP contribution in [0.2, 0.25) is 0 Å². The zero-order chi connectivity index (χ0) is 20.1. The summed E-state index contributed by atoms with van der Waals surface area (Å²) in [6.07, 6.45) is 5.02. The van der Waals surface area contributed by atoms with Crippen LogP contribution in [0.15, 0.2) is 54.9 Å². The van der Waals surface area contributed by atoms with Crippen molar-refractivity contribution in [2.45, 2.75) is 25.4 Å². The Morgan fingerprint density at radius 3 is 2.68 bits per heavy atom. The minimum absolute atomic E-state index is 0.390. The second-order valence-electron chi connectivity index (χ2n) is 7.42. The number of hydrogen-bond acceptors (Lipinski definition) is 5. The number of methoxy groups -OCH3 is 1. The lowest BCUT2D eigenvalue weighted by Gasteiger charge is -2.14. The highest BCUT2D eigenvalue weighted by molar-refractivity contribution is 5.86. The van der Waals surface area contributed by atoms with E-state index < -0.39 is 6.04 Å². The second-order valence-corrected chi connectivity index (χ2v) is 7.42. The average Bonchev–Trinajstić information content (AvgIpc) is 2.67. The topological polar surface area (TPSA) is 68.5 Å². The van der Waals surface area contributed by atoms with Crippen LogP contribution >= 0.6 is 0 Å². The standard InChI is InChI=1S/C23H27N3O2/c1-26(2)15-18-11-19-7-8-25-14-21(19)20(12-18)10-16-5-4-6-17(9-16)13-22(24)23(27)28-3/h4-9,11-12,14,22H,10,13,15,24H2,1-3H3/t22-/m0/s1. The van der Waals surface area contributed by atoms with E-state index in [1.165, 1.54) is 34.6 Å². The van der Waals surface area contributed by atoms with Gasteiger partial charge >= 0.3 is 5.97 Å². The van der Waals surface area contributed by atoms with Gasteiger partial charge in [0.05, 0.1) is 7.11 Å². The summed E-state index contributed by atoms with van der Waals surface area (Å²) in [4.78, 5) is 18.1. The monoisotopic (exact) mass is 377 g/mol. The SMILES string of the molecule is COC(=O)[C@@H](N)Cc1cccc(Cc2cc(CN(C)C)cc3ccncc23)c1. The fraction of sp³-hybridized carbons (Fsp3) is 0.304. The molecule has 0 aliphatic carbocycles. The Balaban J connectivity index is 1.90. The molecule has 0 radical (unpaired) electrons. The maximum Gasteiger partial charge on any atom is 0.322 e. The number of esters is 1. The number of aromatic nitrogens is 1. The molecule has 0 bridgehead atoms. The van der Waals surface area contributed by atoms with Crippen LogP contribution in [0.1, 0.15) is 22.3 Å². The summed E-state index contributed by atoms with van der Waals surface area (Å²) >= 11 is 0. The van der Waals surface area contributed by atoms with E-state index in [4.69, 9.17) is 10.5 Å². The first-order valence-corrected chi connectivity index (χ1v) is 9.37. The fourth-order valence-corrected chi connectivity index (χ4v) is 3.52. The molecule has 0 aliphatic rings. The molecule has 28 heavy (non-hydrogen) atoms. The number of rotatable bonds is 7. The maximum absolute atomic E-state index is 11.6. The average molecular weight is 377 g/mol. The molecule has 0 spiro atoms. The van der Waals surface area contributed by atoms with E-state index in [2.05, 4.69) is 54.3 Å². The van der Waals surface area contributed by atoms with Crippen molar-refractivity contribution >= 4 is 16.7 Å². The zero-order valence-electron chi connectivity index (χ0n) is 16.7. The molecule has 5 heteroatoms. The molecule has 2 aromatic carbocycles. The Hall–Kier alpha value is -2.76. The summed E-state index contributed by atoms with van der Waals surface area (Å²) < 4.78 is 4.73. The van der Waals surface area contributed by atoms with Crippen LogP contribution < -0.4 is 5.73 Å². The number of pyridine rings is 1. The van der Waals surface area contributed by atoms with Crippen LogP contribution in [0.5, 0.6) is 0 Å². The van der Waals surface area contributed by atoms with E-state index in [-0.39, 0.29) is 5.97 Å². The second kappa shape index (κ2) is 8.95. The Morgan fingerprint density at radius 2 is 1.93 bits per heavy atom. The van der Waals surface area contributed by atoms with Gasteiger partial charge in [-0.1, -0.05) is 30.3 Å². The molecule has 3 aromatic rings. The van der Waals surface area contributed by atoms with Crippen LogP contribution in [0.25, 0.3) is 10.8 Å². The van der Waals surface area contributed by atoms with Crippen molar-refractivity contribution in [1.29, 1.82) is 0 Å². The Bertz CT molecular complexity index is 969. The minimum atomic E-state index is -0.645. The molecule has 2 N–H and O–H groups in total. The van der Waals surface area contributed by atoms with E-state index in [0.29, 0.717) is 6.42 Å². The fourth-order valence-electron chi connectivity index (χ4n) is 3.52. The molecule has 1 aromatic heterocycles. The molecule has 0 saturated carbocycles. The summed E-state index contributed by atoms with van der Waals surface area (Å²) in [5, 5.41) is 2.37. The summed E-state index contributed by atoms with van der Waals surface area (Å²) in [7, 11) is 5.51. The largest absolute Gasteiger partial charge is 0.468 e.